The van der Waals surface area contributed by atoms with E-state index in [2.05, 4.69) is 90.7 Å². The van der Waals surface area contributed by atoms with Gasteiger partial charge in [-0.25, -0.2) is 0 Å². The van der Waals surface area contributed by atoms with Gasteiger partial charge in [-0.3, -0.25) is 0 Å². The molecule has 0 N–H and O–H groups in total. The van der Waals surface area contributed by atoms with Crippen LogP contribution in [0, 0.1) is 0 Å². The van der Waals surface area contributed by atoms with Crippen LogP contribution in [0.4, 0.5) is 0 Å². The summed E-state index contributed by atoms with van der Waals surface area (Å²) in [5, 5.41) is 0. The van der Waals surface area contributed by atoms with E-state index in [0.717, 1.165) is 6.42 Å². The van der Waals surface area contributed by atoms with Crippen LogP contribution < -0.4 is 0 Å². The molecule has 0 bridgehead atoms. The van der Waals surface area contributed by atoms with E-state index in [1.165, 1.54) is 22.4 Å². The number of fused-ring (bicyclic) bond motifs is 1. The molecule has 4 heteroatoms. The molecule has 5 rings (SSSR count). The Balaban J connectivity index is 1.33. The second-order valence-corrected chi connectivity index (χ2v) is 9.15. The van der Waals surface area contributed by atoms with Gasteiger partial charge in [-0.1, -0.05) is 97.1 Å². The SMILES string of the molecule is CC1=CCC2C(OCc3ccccc3)[C@H](OCc3ccccc3)[C@@H](COCc3ccccc3)N12. The molecule has 0 spiro atoms. The number of hydrogen-bond acceptors (Lipinski definition) is 4. The molecule has 1 fully saturated rings. The summed E-state index contributed by atoms with van der Waals surface area (Å²) < 4.78 is 19.5. The molecule has 176 valence electrons. The number of hydrogen-bond donors (Lipinski definition) is 0. The second kappa shape index (κ2) is 11.0. The number of allylic oxidation sites excluding steroid dienone is 1. The first-order valence-corrected chi connectivity index (χ1v) is 12.2. The molecular formula is C30H33NO3. The summed E-state index contributed by atoms with van der Waals surface area (Å²) in [4.78, 5) is 2.48. The van der Waals surface area contributed by atoms with Gasteiger partial charge in [0.05, 0.1) is 38.5 Å². The zero-order chi connectivity index (χ0) is 23.2. The molecule has 2 unspecified atom stereocenters. The summed E-state index contributed by atoms with van der Waals surface area (Å²) in [6, 6.07) is 31.5. The van der Waals surface area contributed by atoms with Gasteiger partial charge in [-0.2, -0.15) is 0 Å². The Bertz CT molecular complexity index is 1050. The molecule has 0 saturated carbocycles. The van der Waals surface area contributed by atoms with E-state index >= 15 is 0 Å². The Kier molecular flexibility index (Phi) is 7.40. The fraction of sp³-hybridized carbons (Fsp3) is 0.333. The van der Waals surface area contributed by atoms with Gasteiger partial charge < -0.3 is 19.1 Å². The maximum Gasteiger partial charge on any atom is 0.109 e. The van der Waals surface area contributed by atoms with Crippen LogP contribution in [0.25, 0.3) is 0 Å². The van der Waals surface area contributed by atoms with Crippen molar-refractivity contribution in [2.75, 3.05) is 6.61 Å². The lowest BCUT2D eigenvalue weighted by Gasteiger charge is -2.30. The zero-order valence-corrected chi connectivity index (χ0v) is 19.8. The molecule has 2 aliphatic rings. The van der Waals surface area contributed by atoms with Gasteiger partial charge in [0.1, 0.15) is 12.2 Å². The minimum Gasteiger partial charge on any atom is -0.375 e. The Morgan fingerprint density at radius 3 is 1.74 bits per heavy atom. The molecule has 0 amide bonds. The highest BCUT2D eigenvalue weighted by molar-refractivity contribution is 5.21. The maximum atomic E-state index is 6.62. The standard InChI is InChI=1S/C30H33NO3/c1-23-17-18-27-29(33-20-25-13-7-3-8-14-25)30(34-21-26-15-9-4-10-16-26)28(31(23)27)22-32-19-24-11-5-2-6-12-24/h2-17,27-30H,18-22H2,1H3/t27?,28-,29?,30-/m1/s1. The Labute approximate surface area is 202 Å². The molecule has 4 nitrogen and oxygen atoms in total. The molecular weight excluding hydrogens is 422 g/mol. The van der Waals surface area contributed by atoms with E-state index < -0.39 is 0 Å². The summed E-state index contributed by atoms with van der Waals surface area (Å²) in [5.74, 6) is 0. The Morgan fingerprint density at radius 1 is 0.676 bits per heavy atom. The predicted octanol–water partition coefficient (Wildman–Crippen LogP) is 5.73. The minimum atomic E-state index is -0.0756. The van der Waals surface area contributed by atoms with Crippen molar-refractivity contribution in [1.29, 1.82) is 0 Å². The second-order valence-electron chi connectivity index (χ2n) is 9.15. The summed E-state index contributed by atoms with van der Waals surface area (Å²) >= 11 is 0. The van der Waals surface area contributed by atoms with Crippen molar-refractivity contribution in [3.63, 3.8) is 0 Å². The fourth-order valence-corrected chi connectivity index (χ4v) is 5.16. The average molecular weight is 456 g/mol. The van der Waals surface area contributed by atoms with Crippen molar-refractivity contribution >= 4 is 0 Å². The van der Waals surface area contributed by atoms with Crippen molar-refractivity contribution in [2.24, 2.45) is 0 Å². The van der Waals surface area contributed by atoms with Crippen LogP contribution in [0.1, 0.15) is 30.0 Å². The van der Waals surface area contributed by atoms with E-state index in [1.54, 1.807) is 0 Å². The minimum absolute atomic E-state index is 0.0251. The Hall–Kier alpha value is -2.92. The van der Waals surface area contributed by atoms with Crippen molar-refractivity contribution in [3.05, 3.63) is 119 Å². The zero-order valence-electron chi connectivity index (χ0n) is 19.8. The van der Waals surface area contributed by atoms with Crippen molar-refractivity contribution in [1.82, 2.24) is 4.90 Å². The first kappa shape index (κ1) is 22.9. The lowest BCUT2D eigenvalue weighted by atomic mass is 10.0. The largest absolute Gasteiger partial charge is 0.375 e. The molecule has 3 aromatic carbocycles. The first-order chi connectivity index (χ1) is 16.8. The molecule has 0 radical (unpaired) electrons. The van der Waals surface area contributed by atoms with Gasteiger partial charge in [-0.15, -0.1) is 0 Å². The van der Waals surface area contributed by atoms with Crippen LogP contribution >= 0.6 is 0 Å². The van der Waals surface area contributed by atoms with E-state index in [4.69, 9.17) is 14.2 Å². The third kappa shape index (κ3) is 5.25. The van der Waals surface area contributed by atoms with Crippen molar-refractivity contribution in [3.8, 4) is 0 Å². The lowest BCUT2D eigenvalue weighted by Crippen LogP contribution is -2.41. The van der Waals surface area contributed by atoms with Crippen LogP contribution in [0.2, 0.25) is 0 Å². The van der Waals surface area contributed by atoms with Gasteiger partial charge in [-0.05, 0) is 30.0 Å². The fourth-order valence-electron chi connectivity index (χ4n) is 5.16. The molecule has 2 heterocycles. The molecule has 34 heavy (non-hydrogen) atoms. The highest BCUT2D eigenvalue weighted by Gasteiger charge is 2.52. The molecule has 0 aliphatic carbocycles. The predicted molar refractivity (Wildman–Crippen MR) is 134 cm³/mol. The number of nitrogens with zero attached hydrogens (tertiary/aromatic N) is 1. The van der Waals surface area contributed by atoms with Crippen LogP contribution in [-0.4, -0.2) is 35.8 Å². The Morgan fingerprint density at radius 2 is 1.18 bits per heavy atom. The van der Waals surface area contributed by atoms with E-state index in [1.807, 2.05) is 18.2 Å². The van der Waals surface area contributed by atoms with E-state index in [0.29, 0.717) is 26.4 Å². The van der Waals surface area contributed by atoms with Crippen LogP contribution in [0.5, 0.6) is 0 Å². The quantitative estimate of drug-likeness (QED) is 0.390. The van der Waals surface area contributed by atoms with Crippen molar-refractivity contribution < 1.29 is 14.2 Å². The van der Waals surface area contributed by atoms with E-state index in [9.17, 15) is 0 Å². The van der Waals surface area contributed by atoms with Crippen molar-refractivity contribution in [2.45, 2.75) is 57.5 Å². The monoisotopic (exact) mass is 455 g/mol. The molecule has 4 atom stereocenters. The lowest BCUT2D eigenvalue weighted by molar-refractivity contribution is -0.0864. The van der Waals surface area contributed by atoms with Gasteiger partial charge in [0.25, 0.3) is 0 Å². The summed E-state index contributed by atoms with van der Waals surface area (Å²) in [5.41, 5.74) is 4.83. The van der Waals surface area contributed by atoms with Crippen LogP contribution in [0.15, 0.2) is 103 Å². The highest BCUT2D eigenvalue weighted by atomic mass is 16.5. The molecule has 2 aliphatic heterocycles. The molecule has 3 aromatic rings. The number of benzene rings is 3. The van der Waals surface area contributed by atoms with Gasteiger partial charge in [0, 0.05) is 5.70 Å². The van der Waals surface area contributed by atoms with Gasteiger partial charge in [0.2, 0.25) is 0 Å². The first-order valence-electron chi connectivity index (χ1n) is 12.2. The normalized spacial score (nSPS) is 23.7. The highest BCUT2D eigenvalue weighted by Crippen LogP contribution is 2.40. The number of ether oxygens (including phenoxy) is 3. The maximum absolute atomic E-state index is 6.62. The molecule has 0 aromatic heterocycles. The number of rotatable bonds is 10. The third-order valence-corrected chi connectivity index (χ3v) is 6.83. The topological polar surface area (TPSA) is 30.9 Å². The third-order valence-electron chi connectivity index (χ3n) is 6.83. The molecule has 1 saturated heterocycles. The van der Waals surface area contributed by atoms with Gasteiger partial charge in [0.15, 0.2) is 0 Å². The van der Waals surface area contributed by atoms with E-state index in [-0.39, 0.29) is 24.3 Å². The van der Waals surface area contributed by atoms with Crippen LogP contribution in [0.3, 0.4) is 0 Å². The summed E-state index contributed by atoms with van der Waals surface area (Å²) in [6.07, 6.45) is 3.20. The summed E-state index contributed by atoms with van der Waals surface area (Å²) in [7, 11) is 0. The smallest absolute Gasteiger partial charge is 0.109 e. The van der Waals surface area contributed by atoms with Crippen LogP contribution in [-0.2, 0) is 34.0 Å². The summed E-state index contributed by atoms with van der Waals surface area (Å²) in [6.45, 7) is 4.53. The average Bonchev–Trinajstić information content (AvgIpc) is 3.40. The van der Waals surface area contributed by atoms with Gasteiger partial charge >= 0.3 is 0 Å².